The van der Waals surface area contributed by atoms with Gasteiger partial charge in [-0.2, -0.15) is 0 Å². The Morgan fingerprint density at radius 1 is 1.73 bits per heavy atom. The van der Waals surface area contributed by atoms with Crippen molar-refractivity contribution < 1.29 is 5.11 Å². The first-order valence-corrected chi connectivity index (χ1v) is 4.63. The minimum atomic E-state index is -0.365. The minimum absolute atomic E-state index is 0.365. The third-order valence-corrected chi connectivity index (χ3v) is 3.18. The molecule has 1 atom stereocenters. The fourth-order valence-electron chi connectivity index (χ4n) is 1.26. The van der Waals surface area contributed by atoms with Gasteiger partial charge in [-0.15, -0.1) is 11.3 Å². The maximum Gasteiger partial charge on any atom is 0.101 e. The summed E-state index contributed by atoms with van der Waals surface area (Å²) in [5.41, 5.74) is 1.14. The minimum Gasteiger partial charge on any atom is -0.386 e. The number of rotatable bonds is 0. The van der Waals surface area contributed by atoms with Crippen molar-refractivity contribution in [2.24, 2.45) is 0 Å². The lowest BCUT2D eigenvalue weighted by Crippen LogP contribution is -2.26. The fraction of sp³-hybridized carbons (Fsp3) is 0.429. The molecule has 1 aliphatic heterocycles. The zero-order valence-corrected chi connectivity index (χ0v) is 7.37. The van der Waals surface area contributed by atoms with Gasteiger partial charge in [-0.1, -0.05) is 11.6 Å². The number of nitrogens with one attached hydrogen (secondary N) is 1. The third-order valence-electron chi connectivity index (χ3n) is 1.77. The second-order valence-electron chi connectivity index (χ2n) is 2.59. The van der Waals surface area contributed by atoms with E-state index in [1.165, 1.54) is 11.3 Å². The largest absolute Gasteiger partial charge is 0.386 e. The van der Waals surface area contributed by atoms with Crippen molar-refractivity contribution in [3.63, 3.8) is 0 Å². The number of hydrogen-bond donors (Lipinski definition) is 2. The molecule has 11 heavy (non-hydrogen) atoms. The second kappa shape index (κ2) is 2.75. The molecule has 2 N–H and O–H groups in total. The topological polar surface area (TPSA) is 32.3 Å². The lowest BCUT2D eigenvalue weighted by molar-refractivity contribution is 0.169. The van der Waals surface area contributed by atoms with Crippen LogP contribution in [0.1, 0.15) is 16.5 Å². The maximum absolute atomic E-state index is 9.46. The van der Waals surface area contributed by atoms with Crippen LogP contribution in [0.15, 0.2) is 6.07 Å². The van der Waals surface area contributed by atoms with E-state index in [0.29, 0.717) is 6.54 Å². The molecule has 2 heterocycles. The van der Waals surface area contributed by atoms with Gasteiger partial charge in [-0.05, 0) is 11.6 Å². The van der Waals surface area contributed by atoms with Crippen molar-refractivity contribution in [2.45, 2.75) is 12.6 Å². The molecule has 0 bridgehead atoms. The Balaban J connectivity index is 2.43. The number of thiophene rings is 1. The first-order chi connectivity index (χ1) is 5.27. The van der Waals surface area contributed by atoms with E-state index >= 15 is 0 Å². The van der Waals surface area contributed by atoms with Gasteiger partial charge in [0.15, 0.2) is 0 Å². The maximum atomic E-state index is 9.46. The number of hydrogen-bond acceptors (Lipinski definition) is 3. The van der Waals surface area contributed by atoms with E-state index in [2.05, 4.69) is 5.32 Å². The predicted octanol–water partition coefficient (Wildman–Crippen LogP) is 1.54. The van der Waals surface area contributed by atoms with Gasteiger partial charge in [0.1, 0.15) is 6.10 Å². The van der Waals surface area contributed by atoms with Crippen molar-refractivity contribution >= 4 is 22.9 Å². The Hall–Kier alpha value is -0.0900. The number of halogens is 1. The average Bonchev–Trinajstić information content (AvgIpc) is 2.31. The van der Waals surface area contributed by atoms with E-state index < -0.39 is 0 Å². The Kier molecular flexibility index (Phi) is 1.89. The van der Waals surface area contributed by atoms with E-state index in [4.69, 9.17) is 11.6 Å². The van der Waals surface area contributed by atoms with Gasteiger partial charge in [0.2, 0.25) is 0 Å². The molecular weight excluding hydrogens is 182 g/mol. The van der Waals surface area contributed by atoms with Gasteiger partial charge in [0, 0.05) is 18.0 Å². The van der Waals surface area contributed by atoms with E-state index in [1.807, 2.05) is 6.07 Å². The lowest BCUT2D eigenvalue weighted by Gasteiger charge is -2.17. The normalized spacial score (nSPS) is 23.3. The molecule has 0 saturated heterocycles. The monoisotopic (exact) mass is 189 g/mol. The molecule has 1 unspecified atom stereocenters. The summed E-state index contributed by atoms with van der Waals surface area (Å²) >= 11 is 7.27. The molecule has 0 amide bonds. The SMILES string of the molecule is OC1CNCc2cc(Cl)sc21. The first kappa shape index (κ1) is 7.55. The molecule has 0 aromatic carbocycles. The predicted molar refractivity (Wildman–Crippen MR) is 46.0 cm³/mol. The van der Waals surface area contributed by atoms with E-state index in [1.54, 1.807) is 0 Å². The van der Waals surface area contributed by atoms with Gasteiger partial charge >= 0.3 is 0 Å². The highest BCUT2D eigenvalue weighted by molar-refractivity contribution is 7.16. The van der Waals surface area contributed by atoms with Crippen molar-refractivity contribution in [2.75, 3.05) is 6.54 Å². The second-order valence-corrected chi connectivity index (χ2v) is 4.30. The molecule has 0 spiro atoms. The van der Waals surface area contributed by atoms with Gasteiger partial charge < -0.3 is 10.4 Å². The molecule has 0 saturated carbocycles. The van der Waals surface area contributed by atoms with E-state index in [0.717, 1.165) is 21.3 Å². The van der Waals surface area contributed by atoms with Crippen molar-refractivity contribution in [1.82, 2.24) is 5.32 Å². The highest BCUT2D eigenvalue weighted by Crippen LogP contribution is 2.33. The molecule has 60 valence electrons. The Morgan fingerprint density at radius 2 is 2.55 bits per heavy atom. The van der Waals surface area contributed by atoms with Crippen LogP contribution in [-0.2, 0) is 6.54 Å². The molecule has 2 rings (SSSR count). The van der Waals surface area contributed by atoms with E-state index in [9.17, 15) is 5.11 Å². The van der Waals surface area contributed by atoms with Crippen LogP contribution in [0, 0.1) is 0 Å². The summed E-state index contributed by atoms with van der Waals surface area (Å²) < 4.78 is 0.762. The van der Waals surface area contributed by atoms with Crippen LogP contribution in [0.25, 0.3) is 0 Å². The zero-order chi connectivity index (χ0) is 7.84. The van der Waals surface area contributed by atoms with Gasteiger partial charge in [0.25, 0.3) is 0 Å². The highest BCUT2D eigenvalue weighted by atomic mass is 35.5. The first-order valence-electron chi connectivity index (χ1n) is 3.44. The number of aliphatic hydroxyl groups is 1. The van der Waals surface area contributed by atoms with Crippen molar-refractivity contribution in [3.05, 3.63) is 20.8 Å². The molecule has 0 aliphatic carbocycles. The van der Waals surface area contributed by atoms with Gasteiger partial charge in [-0.25, -0.2) is 0 Å². The van der Waals surface area contributed by atoms with Crippen LogP contribution in [0.2, 0.25) is 4.34 Å². The molecule has 4 heteroatoms. The number of fused-ring (bicyclic) bond motifs is 1. The number of aliphatic hydroxyl groups excluding tert-OH is 1. The summed E-state index contributed by atoms with van der Waals surface area (Å²) in [6, 6.07) is 1.91. The van der Waals surface area contributed by atoms with Crippen LogP contribution in [0.5, 0.6) is 0 Å². The third kappa shape index (κ3) is 1.29. The fourth-order valence-corrected chi connectivity index (χ4v) is 2.54. The summed E-state index contributed by atoms with van der Waals surface area (Å²) in [5, 5.41) is 12.6. The lowest BCUT2D eigenvalue weighted by atomic mass is 10.1. The Bertz CT molecular complexity index is 273. The van der Waals surface area contributed by atoms with Crippen LogP contribution in [-0.4, -0.2) is 11.7 Å². The standard InChI is InChI=1S/C7H8ClNOS/c8-6-1-4-2-9-3-5(10)7(4)11-6/h1,5,9-10H,2-3H2. The summed E-state index contributed by atoms with van der Waals surface area (Å²) in [6.45, 7) is 1.47. The average molecular weight is 190 g/mol. The van der Waals surface area contributed by atoms with Crippen LogP contribution in [0.4, 0.5) is 0 Å². The van der Waals surface area contributed by atoms with Crippen LogP contribution >= 0.6 is 22.9 Å². The Labute approximate surface area is 73.8 Å². The van der Waals surface area contributed by atoms with Crippen LogP contribution in [0.3, 0.4) is 0 Å². The molecule has 1 aliphatic rings. The summed E-state index contributed by atoms with van der Waals surface area (Å²) in [4.78, 5) is 1.02. The van der Waals surface area contributed by atoms with Gasteiger partial charge in [0.05, 0.1) is 4.34 Å². The summed E-state index contributed by atoms with van der Waals surface area (Å²) in [6.07, 6.45) is -0.365. The molecule has 2 nitrogen and oxygen atoms in total. The summed E-state index contributed by atoms with van der Waals surface area (Å²) in [5.74, 6) is 0. The van der Waals surface area contributed by atoms with Gasteiger partial charge in [-0.3, -0.25) is 0 Å². The zero-order valence-electron chi connectivity index (χ0n) is 5.80. The van der Waals surface area contributed by atoms with Crippen molar-refractivity contribution in [3.8, 4) is 0 Å². The Morgan fingerprint density at radius 3 is 3.27 bits per heavy atom. The number of β-amino-alcohol motifs (C(OH)–C–C–N with tert-alkyl or cyclic N) is 1. The molecule has 0 radical (unpaired) electrons. The van der Waals surface area contributed by atoms with Crippen LogP contribution < -0.4 is 5.32 Å². The summed E-state index contributed by atoms with van der Waals surface area (Å²) in [7, 11) is 0. The quantitative estimate of drug-likeness (QED) is 0.649. The molecule has 1 aromatic heterocycles. The molecule has 0 fully saturated rings. The smallest absolute Gasteiger partial charge is 0.101 e. The van der Waals surface area contributed by atoms with Crippen molar-refractivity contribution in [1.29, 1.82) is 0 Å². The molecular formula is C7H8ClNOS. The molecule has 1 aromatic rings. The highest BCUT2D eigenvalue weighted by Gasteiger charge is 2.19. The van der Waals surface area contributed by atoms with E-state index in [-0.39, 0.29) is 6.10 Å².